The van der Waals surface area contributed by atoms with Crippen molar-refractivity contribution in [3.63, 3.8) is 0 Å². The Morgan fingerprint density at radius 1 is 1.50 bits per heavy atom. The van der Waals surface area contributed by atoms with Crippen LogP contribution in [0.2, 0.25) is 5.02 Å². The number of benzene rings is 1. The Morgan fingerprint density at radius 3 is 2.94 bits per heavy atom. The second-order valence-corrected chi connectivity index (χ2v) is 4.24. The van der Waals surface area contributed by atoms with Crippen LogP contribution in [0.1, 0.15) is 22.3 Å². The van der Waals surface area contributed by atoms with Crippen LogP contribution in [-0.2, 0) is 0 Å². The minimum absolute atomic E-state index is 0.0513. The first kappa shape index (κ1) is 11.2. The third-order valence-electron chi connectivity index (χ3n) is 2.56. The molecule has 3 nitrogen and oxygen atoms in total. The van der Waals surface area contributed by atoms with Crippen LogP contribution < -0.4 is 5.73 Å². The van der Waals surface area contributed by atoms with Crippen molar-refractivity contribution in [2.45, 2.75) is 13.3 Å². The molecule has 0 aliphatic heterocycles. The van der Waals surface area contributed by atoms with Crippen molar-refractivity contribution in [3.8, 4) is 0 Å². The number of aromatic amines is 1. The van der Waals surface area contributed by atoms with Gasteiger partial charge < -0.3 is 10.7 Å². The molecule has 1 heterocycles. The number of fused-ring (bicyclic) bond motifs is 1. The molecule has 0 spiro atoms. The number of halogens is 1. The molecule has 0 saturated carbocycles. The van der Waals surface area contributed by atoms with Crippen molar-refractivity contribution in [1.82, 2.24) is 4.98 Å². The minimum Gasteiger partial charge on any atom is -0.359 e. The van der Waals surface area contributed by atoms with Crippen LogP contribution in [0.3, 0.4) is 0 Å². The molecular weight excluding hydrogens is 224 g/mol. The van der Waals surface area contributed by atoms with Gasteiger partial charge in [0.2, 0.25) is 0 Å². The van der Waals surface area contributed by atoms with Crippen molar-refractivity contribution in [3.05, 3.63) is 34.5 Å². The molecule has 2 aromatic rings. The SMILES string of the molecule is Cc1cc(Cl)c2[nH]cc(C(=O)CCN)c2c1. The number of aryl methyl sites for hydroxylation is 1. The van der Waals surface area contributed by atoms with Gasteiger partial charge in [-0.05, 0) is 31.2 Å². The fraction of sp³-hybridized carbons (Fsp3) is 0.250. The summed E-state index contributed by atoms with van der Waals surface area (Å²) in [5.74, 6) is 0.0513. The fourth-order valence-electron chi connectivity index (χ4n) is 1.82. The molecule has 1 aromatic carbocycles. The van der Waals surface area contributed by atoms with Crippen LogP contribution in [0, 0.1) is 6.92 Å². The first-order valence-corrected chi connectivity index (χ1v) is 5.51. The maximum atomic E-state index is 11.8. The van der Waals surface area contributed by atoms with Gasteiger partial charge in [0.15, 0.2) is 5.78 Å². The standard InChI is InChI=1S/C12H13ClN2O/c1-7-4-8-9(11(16)2-3-14)6-15-12(8)10(13)5-7/h4-6,15H,2-3,14H2,1H3. The van der Waals surface area contributed by atoms with Gasteiger partial charge in [-0.1, -0.05) is 11.6 Å². The second kappa shape index (κ2) is 4.28. The van der Waals surface area contributed by atoms with E-state index >= 15 is 0 Å². The van der Waals surface area contributed by atoms with E-state index < -0.39 is 0 Å². The number of H-pyrrole nitrogens is 1. The van der Waals surface area contributed by atoms with Crippen LogP contribution in [-0.4, -0.2) is 17.3 Å². The molecule has 0 aliphatic rings. The van der Waals surface area contributed by atoms with Gasteiger partial charge >= 0.3 is 0 Å². The molecule has 0 amide bonds. The van der Waals surface area contributed by atoms with Crippen LogP contribution in [0.4, 0.5) is 0 Å². The lowest BCUT2D eigenvalue weighted by atomic mass is 10.1. The quantitative estimate of drug-likeness (QED) is 0.805. The average Bonchev–Trinajstić information content (AvgIpc) is 2.61. The molecule has 0 bridgehead atoms. The molecule has 0 aliphatic carbocycles. The van der Waals surface area contributed by atoms with Crippen LogP contribution >= 0.6 is 11.6 Å². The van der Waals surface area contributed by atoms with Crippen molar-refractivity contribution in [2.24, 2.45) is 5.73 Å². The topological polar surface area (TPSA) is 58.9 Å². The number of nitrogens with two attached hydrogens (primary N) is 1. The molecule has 0 fully saturated rings. The highest BCUT2D eigenvalue weighted by Gasteiger charge is 2.13. The van der Waals surface area contributed by atoms with E-state index in [0.29, 0.717) is 23.6 Å². The summed E-state index contributed by atoms with van der Waals surface area (Å²) in [4.78, 5) is 14.8. The first-order chi connectivity index (χ1) is 7.63. The zero-order valence-corrected chi connectivity index (χ0v) is 9.77. The molecule has 16 heavy (non-hydrogen) atoms. The molecule has 0 saturated heterocycles. The van der Waals surface area contributed by atoms with E-state index in [1.165, 1.54) is 0 Å². The molecular formula is C12H13ClN2O. The highest BCUT2D eigenvalue weighted by Crippen LogP contribution is 2.27. The monoisotopic (exact) mass is 236 g/mol. The fourth-order valence-corrected chi connectivity index (χ4v) is 2.15. The van der Waals surface area contributed by atoms with Gasteiger partial charge in [-0.25, -0.2) is 0 Å². The Hall–Kier alpha value is -1.32. The number of rotatable bonds is 3. The largest absolute Gasteiger partial charge is 0.359 e. The van der Waals surface area contributed by atoms with Gasteiger partial charge in [-0.15, -0.1) is 0 Å². The highest BCUT2D eigenvalue weighted by molar-refractivity contribution is 6.35. The number of nitrogens with one attached hydrogen (secondary N) is 1. The third kappa shape index (κ3) is 1.84. The summed E-state index contributed by atoms with van der Waals surface area (Å²) >= 11 is 6.09. The molecule has 0 atom stereocenters. The molecule has 1 aromatic heterocycles. The molecule has 3 N–H and O–H groups in total. The number of hydrogen-bond acceptors (Lipinski definition) is 2. The summed E-state index contributed by atoms with van der Waals surface area (Å²) in [5.41, 5.74) is 7.91. The normalized spacial score (nSPS) is 10.9. The summed E-state index contributed by atoms with van der Waals surface area (Å²) < 4.78 is 0. The van der Waals surface area contributed by atoms with Crippen molar-refractivity contribution >= 4 is 28.3 Å². The van der Waals surface area contributed by atoms with Crippen LogP contribution in [0.25, 0.3) is 10.9 Å². The zero-order chi connectivity index (χ0) is 11.7. The van der Waals surface area contributed by atoms with Gasteiger partial charge in [0.1, 0.15) is 0 Å². The van der Waals surface area contributed by atoms with Crippen molar-refractivity contribution in [1.29, 1.82) is 0 Å². The van der Waals surface area contributed by atoms with E-state index in [1.807, 2.05) is 19.1 Å². The third-order valence-corrected chi connectivity index (χ3v) is 2.86. The molecule has 0 radical (unpaired) electrons. The van der Waals surface area contributed by atoms with Crippen molar-refractivity contribution < 1.29 is 4.79 Å². The van der Waals surface area contributed by atoms with Gasteiger partial charge in [0, 0.05) is 23.6 Å². The Labute approximate surface area is 98.6 Å². The Balaban J connectivity index is 2.60. The lowest BCUT2D eigenvalue weighted by Gasteiger charge is -2.00. The number of carbonyl (C=O) groups is 1. The maximum absolute atomic E-state index is 11.8. The van der Waals surface area contributed by atoms with Crippen molar-refractivity contribution in [2.75, 3.05) is 6.54 Å². The zero-order valence-electron chi connectivity index (χ0n) is 9.01. The van der Waals surface area contributed by atoms with E-state index in [9.17, 15) is 4.79 Å². The molecule has 0 unspecified atom stereocenters. The Kier molecular flexibility index (Phi) is 2.99. The van der Waals surface area contributed by atoms with Gasteiger partial charge in [0.25, 0.3) is 0 Å². The predicted molar refractivity (Wildman–Crippen MR) is 66.0 cm³/mol. The van der Waals surface area contributed by atoms with Crippen LogP contribution in [0.15, 0.2) is 18.3 Å². The van der Waals surface area contributed by atoms with E-state index in [4.69, 9.17) is 17.3 Å². The number of aromatic nitrogens is 1. The lowest BCUT2D eigenvalue weighted by Crippen LogP contribution is -2.07. The van der Waals surface area contributed by atoms with E-state index in [2.05, 4.69) is 4.98 Å². The number of Topliss-reactive ketones (excluding diaryl/α,β-unsaturated/α-hetero) is 1. The molecule has 2 rings (SSSR count). The Bertz CT molecular complexity index is 545. The Morgan fingerprint density at radius 2 is 2.25 bits per heavy atom. The second-order valence-electron chi connectivity index (χ2n) is 3.83. The smallest absolute Gasteiger partial charge is 0.166 e. The summed E-state index contributed by atoms with van der Waals surface area (Å²) in [6.07, 6.45) is 2.06. The first-order valence-electron chi connectivity index (χ1n) is 5.14. The summed E-state index contributed by atoms with van der Waals surface area (Å²) in [5, 5.41) is 1.52. The lowest BCUT2D eigenvalue weighted by molar-refractivity contribution is 0.0987. The predicted octanol–water partition coefficient (Wildman–Crippen LogP) is 2.66. The minimum atomic E-state index is 0.0513. The maximum Gasteiger partial charge on any atom is 0.166 e. The van der Waals surface area contributed by atoms with Crippen LogP contribution in [0.5, 0.6) is 0 Å². The van der Waals surface area contributed by atoms with E-state index in [0.717, 1.165) is 16.5 Å². The van der Waals surface area contributed by atoms with Gasteiger partial charge in [0.05, 0.1) is 10.5 Å². The van der Waals surface area contributed by atoms with Gasteiger partial charge in [-0.2, -0.15) is 0 Å². The number of carbonyl (C=O) groups excluding carboxylic acids is 1. The number of ketones is 1. The highest BCUT2D eigenvalue weighted by atomic mass is 35.5. The van der Waals surface area contributed by atoms with E-state index in [1.54, 1.807) is 6.20 Å². The number of hydrogen-bond donors (Lipinski definition) is 2. The summed E-state index contributed by atoms with van der Waals surface area (Å²) in [7, 11) is 0. The summed E-state index contributed by atoms with van der Waals surface area (Å²) in [6.45, 7) is 2.32. The van der Waals surface area contributed by atoms with Gasteiger partial charge in [-0.3, -0.25) is 4.79 Å². The van der Waals surface area contributed by atoms with E-state index in [-0.39, 0.29) is 5.78 Å². The molecule has 4 heteroatoms. The molecule has 84 valence electrons. The average molecular weight is 237 g/mol. The summed E-state index contributed by atoms with van der Waals surface area (Å²) in [6, 6.07) is 3.83.